The lowest BCUT2D eigenvalue weighted by atomic mass is 10.1. The van der Waals surface area contributed by atoms with Crippen LogP contribution in [0.15, 0.2) is 42.5 Å². The first-order valence-electron chi connectivity index (χ1n) is 8.93. The van der Waals surface area contributed by atoms with Crippen LogP contribution >= 0.6 is 0 Å². The zero-order valence-corrected chi connectivity index (χ0v) is 14.8. The van der Waals surface area contributed by atoms with Gasteiger partial charge < -0.3 is 15.4 Å². The minimum absolute atomic E-state index is 0.0662. The summed E-state index contributed by atoms with van der Waals surface area (Å²) in [5.41, 5.74) is 2.32. The highest BCUT2D eigenvalue weighted by molar-refractivity contribution is 6.03. The predicted octanol–water partition coefficient (Wildman–Crippen LogP) is 2.81. The Morgan fingerprint density at radius 3 is 2.50 bits per heavy atom. The van der Waals surface area contributed by atoms with Gasteiger partial charge in [-0.2, -0.15) is 0 Å². The summed E-state index contributed by atoms with van der Waals surface area (Å²) in [6.07, 6.45) is 2.98. The Kier molecular flexibility index (Phi) is 5.96. The van der Waals surface area contributed by atoms with Crippen molar-refractivity contribution >= 4 is 17.5 Å². The Morgan fingerprint density at radius 1 is 1.12 bits per heavy atom. The molecule has 136 valence electrons. The second-order valence-electron chi connectivity index (χ2n) is 6.26. The second kappa shape index (κ2) is 8.58. The van der Waals surface area contributed by atoms with Crippen LogP contribution in [-0.2, 0) is 11.2 Å². The van der Waals surface area contributed by atoms with Gasteiger partial charge >= 0.3 is 0 Å². The number of carbonyl (C=O) groups excluding carboxylic acids is 2. The van der Waals surface area contributed by atoms with Crippen molar-refractivity contribution in [3.8, 4) is 0 Å². The van der Waals surface area contributed by atoms with E-state index < -0.39 is 0 Å². The number of benzene rings is 1. The third-order valence-electron chi connectivity index (χ3n) is 4.35. The number of nitrogens with one attached hydrogen (secondary N) is 2. The van der Waals surface area contributed by atoms with E-state index in [1.54, 1.807) is 18.2 Å². The number of pyridine rings is 1. The van der Waals surface area contributed by atoms with E-state index in [0.717, 1.165) is 25.9 Å². The summed E-state index contributed by atoms with van der Waals surface area (Å²) in [7, 11) is 0. The van der Waals surface area contributed by atoms with Gasteiger partial charge in [0.2, 0.25) is 0 Å². The predicted molar refractivity (Wildman–Crippen MR) is 99.3 cm³/mol. The van der Waals surface area contributed by atoms with Gasteiger partial charge in [-0.1, -0.05) is 25.1 Å². The molecule has 0 spiro atoms. The second-order valence-corrected chi connectivity index (χ2v) is 6.26. The lowest BCUT2D eigenvalue weighted by molar-refractivity contribution is 0.0853. The number of hydrogen-bond donors (Lipinski definition) is 2. The van der Waals surface area contributed by atoms with Crippen molar-refractivity contribution in [3.05, 3.63) is 59.4 Å². The summed E-state index contributed by atoms with van der Waals surface area (Å²) in [5, 5.41) is 5.61. The van der Waals surface area contributed by atoms with Crippen LogP contribution in [-0.4, -0.2) is 36.1 Å². The molecular formula is C20H23N3O3. The van der Waals surface area contributed by atoms with Crippen LogP contribution in [0.2, 0.25) is 0 Å². The average Bonchev–Trinajstić information content (AvgIpc) is 3.20. The number of aromatic nitrogens is 1. The van der Waals surface area contributed by atoms with Gasteiger partial charge in [0.1, 0.15) is 11.4 Å². The normalized spacial score (nSPS) is 16.3. The number of rotatable bonds is 6. The van der Waals surface area contributed by atoms with E-state index in [1.165, 1.54) is 5.56 Å². The largest absolute Gasteiger partial charge is 0.376 e. The first-order valence-corrected chi connectivity index (χ1v) is 8.93. The smallest absolute Gasteiger partial charge is 0.274 e. The number of carbonyl (C=O) groups is 2. The van der Waals surface area contributed by atoms with Crippen molar-refractivity contribution in [1.82, 2.24) is 10.3 Å². The molecule has 1 unspecified atom stereocenters. The fraction of sp³-hybridized carbons (Fsp3) is 0.350. The van der Waals surface area contributed by atoms with Crippen molar-refractivity contribution in [1.29, 1.82) is 0 Å². The monoisotopic (exact) mass is 353 g/mol. The number of hydrogen-bond acceptors (Lipinski definition) is 4. The molecule has 1 aliphatic heterocycles. The number of anilines is 1. The summed E-state index contributed by atoms with van der Waals surface area (Å²) in [6.45, 7) is 3.28. The number of amides is 2. The third kappa shape index (κ3) is 4.67. The van der Waals surface area contributed by atoms with Crippen molar-refractivity contribution < 1.29 is 14.3 Å². The molecule has 2 amide bonds. The molecule has 26 heavy (non-hydrogen) atoms. The summed E-state index contributed by atoms with van der Waals surface area (Å²) in [6, 6.07) is 12.5. The van der Waals surface area contributed by atoms with Crippen molar-refractivity contribution in [2.75, 3.05) is 18.5 Å². The van der Waals surface area contributed by atoms with E-state index in [0.29, 0.717) is 12.2 Å². The molecular weight excluding hydrogens is 330 g/mol. The SMILES string of the molecule is CCc1ccc(NC(=O)c2cccc(C(=O)NCC3CCCO3)n2)cc1. The summed E-state index contributed by atoms with van der Waals surface area (Å²) >= 11 is 0. The maximum atomic E-state index is 12.4. The first-order chi connectivity index (χ1) is 12.7. The Hall–Kier alpha value is -2.73. The van der Waals surface area contributed by atoms with Gasteiger partial charge in [-0.05, 0) is 49.1 Å². The first kappa shape index (κ1) is 18.1. The molecule has 0 radical (unpaired) electrons. The van der Waals surface area contributed by atoms with Crippen LogP contribution < -0.4 is 10.6 Å². The molecule has 1 atom stereocenters. The van der Waals surface area contributed by atoms with E-state index in [4.69, 9.17) is 4.74 Å². The van der Waals surface area contributed by atoms with Gasteiger partial charge in [-0.3, -0.25) is 9.59 Å². The van der Waals surface area contributed by atoms with Gasteiger partial charge in [-0.15, -0.1) is 0 Å². The van der Waals surface area contributed by atoms with Crippen LogP contribution in [0, 0.1) is 0 Å². The van der Waals surface area contributed by atoms with Gasteiger partial charge in [-0.25, -0.2) is 4.98 Å². The maximum Gasteiger partial charge on any atom is 0.274 e. The molecule has 2 heterocycles. The summed E-state index contributed by atoms with van der Waals surface area (Å²) in [4.78, 5) is 28.8. The molecule has 3 rings (SSSR count). The molecule has 2 N–H and O–H groups in total. The van der Waals surface area contributed by atoms with Crippen molar-refractivity contribution in [3.63, 3.8) is 0 Å². The van der Waals surface area contributed by atoms with Crippen LogP contribution in [0.25, 0.3) is 0 Å². The molecule has 1 fully saturated rings. The van der Waals surface area contributed by atoms with Gasteiger partial charge in [0.05, 0.1) is 6.10 Å². The number of nitrogens with zero attached hydrogens (tertiary/aromatic N) is 1. The highest BCUT2D eigenvalue weighted by Gasteiger charge is 2.18. The molecule has 6 heteroatoms. The third-order valence-corrected chi connectivity index (χ3v) is 4.35. The average molecular weight is 353 g/mol. The van der Waals surface area contributed by atoms with Crippen LogP contribution in [0.3, 0.4) is 0 Å². The summed E-state index contributed by atoms with van der Waals surface area (Å²) in [5.74, 6) is -0.648. The Bertz CT molecular complexity index is 768. The minimum Gasteiger partial charge on any atom is -0.376 e. The van der Waals surface area contributed by atoms with Crippen molar-refractivity contribution in [2.45, 2.75) is 32.3 Å². The minimum atomic E-state index is -0.344. The fourth-order valence-corrected chi connectivity index (χ4v) is 2.81. The molecule has 0 aliphatic carbocycles. The lowest BCUT2D eigenvalue weighted by Gasteiger charge is -2.11. The molecule has 1 aromatic carbocycles. The number of ether oxygens (including phenoxy) is 1. The molecule has 1 saturated heterocycles. The van der Waals surface area contributed by atoms with Gasteiger partial charge in [0, 0.05) is 18.8 Å². The fourth-order valence-electron chi connectivity index (χ4n) is 2.81. The zero-order valence-electron chi connectivity index (χ0n) is 14.8. The van der Waals surface area contributed by atoms with Crippen LogP contribution in [0.5, 0.6) is 0 Å². The zero-order chi connectivity index (χ0) is 18.4. The molecule has 0 saturated carbocycles. The highest BCUT2D eigenvalue weighted by atomic mass is 16.5. The maximum absolute atomic E-state index is 12.4. The lowest BCUT2D eigenvalue weighted by Crippen LogP contribution is -2.32. The van der Waals surface area contributed by atoms with Crippen LogP contribution in [0.1, 0.15) is 46.3 Å². The van der Waals surface area contributed by atoms with E-state index >= 15 is 0 Å². The Labute approximate surface area is 153 Å². The van der Waals surface area contributed by atoms with E-state index in [-0.39, 0.29) is 29.3 Å². The molecule has 1 aliphatic rings. The molecule has 2 aromatic rings. The van der Waals surface area contributed by atoms with E-state index in [2.05, 4.69) is 22.5 Å². The quantitative estimate of drug-likeness (QED) is 0.837. The highest BCUT2D eigenvalue weighted by Crippen LogP contribution is 2.12. The standard InChI is InChI=1S/C20H23N3O3/c1-2-14-8-10-15(11-9-14)22-20(25)18-7-3-6-17(23-18)19(24)21-13-16-5-4-12-26-16/h3,6-11,16H,2,4-5,12-13H2,1H3,(H,21,24)(H,22,25). The van der Waals surface area contributed by atoms with E-state index in [1.807, 2.05) is 24.3 Å². The Morgan fingerprint density at radius 2 is 1.85 bits per heavy atom. The topological polar surface area (TPSA) is 80.3 Å². The number of aryl methyl sites for hydroxylation is 1. The molecule has 0 bridgehead atoms. The Balaban J connectivity index is 1.61. The van der Waals surface area contributed by atoms with Crippen molar-refractivity contribution in [2.24, 2.45) is 0 Å². The molecule has 6 nitrogen and oxygen atoms in total. The van der Waals surface area contributed by atoms with Gasteiger partial charge in [0.15, 0.2) is 0 Å². The summed E-state index contributed by atoms with van der Waals surface area (Å²) < 4.78 is 5.48. The van der Waals surface area contributed by atoms with Crippen LogP contribution in [0.4, 0.5) is 5.69 Å². The van der Waals surface area contributed by atoms with E-state index in [9.17, 15) is 9.59 Å². The van der Waals surface area contributed by atoms with Gasteiger partial charge in [0.25, 0.3) is 11.8 Å². The molecule has 1 aromatic heterocycles.